The highest BCUT2D eigenvalue weighted by Gasteiger charge is 2.16. The normalized spacial score (nSPS) is 18.2. The van der Waals surface area contributed by atoms with Gasteiger partial charge in [-0.2, -0.15) is 0 Å². The number of benzene rings is 1. The van der Waals surface area contributed by atoms with E-state index in [9.17, 15) is 14.9 Å². The minimum atomic E-state index is -0.476. The summed E-state index contributed by atoms with van der Waals surface area (Å²) in [4.78, 5) is 22.2. The van der Waals surface area contributed by atoms with Crippen molar-refractivity contribution in [2.75, 3.05) is 18.4 Å². The monoisotopic (exact) mass is 355 g/mol. The molecule has 7 heteroatoms. The molecule has 114 valence electrons. The number of carbonyl (C=O) groups excluding carboxylic acids is 1. The Hall–Kier alpha value is -1.47. The largest absolute Gasteiger partial charge is 0.325 e. The molecule has 1 atom stereocenters. The number of nitrogens with zero attached hydrogens (tertiary/aromatic N) is 1. The summed E-state index contributed by atoms with van der Waals surface area (Å²) in [5, 5.41) is 16.8. The second-order valence-electron chi connectivity index (χ2n) is 5.22. The van der Waals surface area contributed by atoms with Crippen molar-refractivity contribution in [2.45, 2.75) is 25.7 Å². The minimum Gasteiger partial charge on any atom is -0.325 e. The number of rotatable bonds is 5. The zero-order valence-corrected chi connectivity index (χ0v) is 13.2. The predicted molar refractivity (Wildman–Crippen MR) is 84.3 cm³/mol. The van der Waals surface area contributed by atoms with Crippen molar-refractivity contribution in [2.24, 2.45) is 5.92 Å². The summed E-state index contributed by atoms with van der Waals surface area (Å²) < 4.78 is 0.640. The summed E-state index contributed by atoms with van der Waals surface area (Å²) in [6.07, 6.45) is 3.58. The van der Waals surface area contributed by atoms with Gasteiger partial charge >= 0.3 is 0 Å². The second kappa shape index (κ2) is 7.51. The third-order valence-corrected chi connectivity index (χ3v) is 4.30. The third-order valence-electron chi connectivity index (χ3n) is 3.61. The molecule has 1 fully saturated rings. The lowest BCUT2D eigenvalue weighted by Gasteiger charge is -2.22. The number of piperidine rings is 1. The van der Waals surface area contributed by atoms with E-state index in [1.54, 1.807) is 6.07 Å². The van der Waals surface area contributed by atoms with E-state index in [0.29, 0.717) is 22.5 Å². The van der Waals surface area contributed by atoms with Crippen LogP contribution in [0.2, 0.25) is 0 Å². The van der Waals surface area contributed by atoms with Gasteiger partial charge < -0.3 is 10.6 Å². The van der Waals surface area contributed by atoms with Gasteiger partial charge in [0.1, 0.15) is 0 Å². The van der Waals surface area contributed by atoms with Crippen LogP contribution in [0, 0.1) is 16.0 Å². The van der Waals surface area contributed by atoms with E-state index in [1.807, 2.05) is 0 Å². The number of nitro benzene ring substituents is 1. The van der Waals surface area contributed by atoms with Gasteiger partial charge in [0.15, 0.2) is 0 Å². The topological polar surface area (TPSA) is 84.3 Å². The van der Waals surface area contributed by atoms with E-state index in [-0.39, 0.29) is 11.6 Å². The zero-order chi connectivity index (χ0) is 15.2. The lowest BCUT2D eigenvalue weighted by molar-refractivity contribution is -0.384. The van der Waals surface area contributed by atoms with Gasteiger partial charge in [-0.15, -0.1) is 0 Å². The molecule has 1 aromatic rings. The van der Waals surface area contributed by atoms with Crippen LogP contribution in [0.1, 0.15) is 25.7 Å². The van der Waals surface area contributed by atoms with E-state index < -0.39 is 4.92 Å². The van der Waals surface area contributed by atoms with E-state index in [1.165, 1.54) is 12.1 Å². The van der Waals surface area contributed by atoms with E-state index in [4.69, 9.17) is 0 Å². The highest BCUT2D eigenvalue weighted by molar-refractivity contribution is 9.10. The summed E-state index contributed by atoms with van der Waals surface area (Å²) in [5.41, 5.74) is 0.404. The fourth-order valence-electron chi connectivity index (χ4n) is 2.44. The number of hydrogen-bond donors (Lipinski definition) is 2. The number of halogens is 1. The first-order valence-electron chi connectivity index (χ1n) is 7.01. The number of nitrogens with one attached hydrogen (secondary N) is 2. The summed E-state index contributed by atoms with van der Waals surface area (Å²) in [6, 6.07) is 4.33. The van der Waals surface area contributed by atoms with Crippen LogP contribution in [-0.4, -0.2) is 23.9 Å². The molecule has 1 aromatic carbocycles. The maximum absolute atomic E-state index is 12.0. The Kier molecular flexibility index (Phi) is 5.69. The van der Waals surface area contributed by atoms with Crippen molar-refractivity contribution in [1.29, 1.82) is 0 Å². The first kappa shape index (κ1) is 15.9. The van der Waals surface area contributed by atoms with Crippen LogP contribution in [0.15, 0.2) is 22.7 Å². The molecular formula is C14H18BrN3O3. The van der Waals surface area contributed by atoms with Gasteiger partial charge in [0.05, 0.1) is 10.6 Å². The van der Waals surface area contributed by atoms with Crippen LogP contribution in [0.5, 0.6) is 0 Å². The Labute approximate surface area is 131 Å². The Balaban J connectivity index is 1.89. The number of anilines is 1. The molecule has 1 heterocycles. The van der Waals surface area contributed by atoms with Gasteiger partial charge in [0, 0.05) is 23.0 Å². The first-order chi connectivity index (χ1) is 10.1. The van der Waals surface area contributed by atoms with Crippen molar-refractivity contribution in [3.63, 3.8) is 0 Å². The molecule has 0 radical (unpaired) electrons. The predicted octanol–water partition coefficient (Wildman–Crippen LogP) is 3.08. The summed E-state index contributed by atoms with van der Waals surface area (Å²) in [6.45, 7) is 2.02. The smallest absolute Gasteiger partial charge is 0.271 e. The Morgan fingerprint density at radius 2 is 2.33 bits per heavy atom. The van der Waals surface area contributed by atoms with Crippen molar-refractivity contribution >= 4 is 33.2 Å². The molecular weight excluding hydrogens is 338 g/mol. The van der Waals surface area contributed by atoms with Crippen LogP contribution in [0.3, 0.4) is 0 Å². The lowest BCUT2D eigenvalue weighted by Crippen LogP contribution is -2.30. The summed E-state index contributed by atoms with van der Waals surface area (Å²) in [7, 11) is 0. The third kappa shape index (κ3) is 4.78. The molecule has 0 spiro atoms. The Bertz CT molecular complexity index is 530. The molecule has 1 amide bonds. The van der Waals surface area contributed by atoms with Gasteiger partial charge in [-0.1, -0.05) is 0 Å². The average Bonchev–Trinajstić information content (AvgIpc) is 2.48. The van der Waals surface area contributed by atoms with Gasteiger partial charge in [-0.3, -0.25) is 14.9 Å². The van der Waals surface area contributed by atoms with Crippen molar-refractivity contribution in [3.8, 4) is 0 Å². The number of nitro groups is 1. The maximum Gasteiger partial charge on any atom is 0.271 e. The SMILES string of the molecule is O=C(CCC1CCCNC1)Nc1cc([N+](=O)[O-])ccc1Br. The molecule has 21 heavy (non-hydrogen) atoms. The fourth-order valence-corrected chi connectivity index (χ4v) is 2.79. The maximum atomic E-state index is 12.0. The molecule has 2 rings (SSSR count). The van der Waals surface area contributed by atoms with Crippen LogP contribution in [0.4, 0.5) is 11.4 Å². The highest BCUT2D eigenvalue weighted by atomic mass is 79.9. The molecule has 1 saturated heterocycles. The molecule has 1 unspecified atom stereocenters. The lowest BCUT2D eigenvalue weighted by atomic mass is 9.94. The number of carbonyl (C=O) groups is 1. The average molecular weight is 356 g/mol. The minimum absolute atomic E-state index is 0.0371. The van der Waals surface area contributed by atoms with Crippen LogP contribution in [0.25, 0.3) is 0 Å². The van der Waals surface area contributed by atoms with Crippen LogP contribution >= 0.6 is 15.9 Å². The molecule has 2 N–H and O–H groups in total. The Morgan fingerprint density at radius 3 is 3.00 bits per heavy atom. The second-order valence-corrected chi connectivity index (χ2v) is 6.07. The molecule has 0 aliphatic carbocycles. The molecule has 0 aromatic heterocycles. The zero-order valence-electron chi connectivity index (χ0n) is 11.6. The first-order valence-corrected chi connectivity index (χ1v) is 7.80. The Morgan fingerprint density at radius 1 is 1.52 bits per heavy atom. The van der Waals surface area contributed by atoms with Crippen molar-refractivity contribution in [3.05, 3.63) is 32.8 Å². The molecule has 0 saturated carbocycles. The summed E-state index contributed by atoms with van der Waals surface area (Å²) in [5.74, 6) is 0.430. The van der Waals surface area contributed by atoms with E-state index in [2.05, 4.69) is 26.6 Å². The van der Waals surface area contributed by atoms with Crippen LogP contribution < -0.4 is 10.6 Å². The van der Waals surface area contributed by atoms with E-state index in [0.717, 1.165) is 32.4 Å². The molecule has 1 aliphatic rings. The number of amides is 1. The molecule has 1 aliphatic heterocycles. The standard InChI is InChI=1S/C14H18BrN3O3/c15-12-5-4-11(18(20)21)8-13(12)17-14(19)6-3-10-2-1-7-16-9-10/h4-5,8,10,16H,1-3,6-7,9H2,(H,17,19). The number of non-ortho nitro benzene ring substituents is 1. The van der Waals surface area contributed by atoms with Crippen molar-refractivity contribution < 1.29 is 9.72 Å². The van der Waals surface area contributed by atoms with Crippen molar-refractivity contribution in [1.82, 2.24) is 5.32 Å². The van der Waals surface area contributed by atoms with Gasteiger partial charge in [-0.25, -0.2) is 0 Å². The van der Waals surface area contributed by atoms with Gasteiger partial charge in [0.25, 0.3) is 5.69 Å². The molecule has 6 nitrogen and oxygen atoms in total. The van der Waals surface area contributed by atoms with E-state index >= 15 is 0 Å². The fraction of sp³-hybridized carbons (Fsp3) is 0.500. The van der Waals surface area contributed by atoms with Crippen LogP contribution in [-0.2, 0) is 4.79 Å². The highest BCUT2D eigenvalue weighted by Crippen LogP contribution is 2.27. The van der Waals surface area contributed by atoms with Gasteiger partial charge in [-0.05, 0) is 60.3 Å². The molecule has 0 bridgehead atoms. The summed E-state index contributed by atoms with van der Waals surface area (Å²) >= 11 is 3.29. The quantitative estimate of drug-likeness (QED) is 0.627. The number of hydrogen-bond acceptors (Lipinski definition) is 4. The van der Waals surface area contributed by atoms with Gasteiger partial charge in [0.2, 0.25) is 5.91 Å².